The minimum absolute atomic E-state index is 0.0344. The fourth-order valence-electron chi connectivity index (χ4n) is 7.03. The molecule has 5 N–H and O–H groups in total. The number of aromatic hydroxyl groups is 1. The molecule has 1 aromatic carbocycles. The molecule has 0 saturated heterocycles. The zero-order valence-corrected chi connectivity index (χ0v) is 27.6. The van der Waals surface area contributed by atoms with Gasteiger partial charge in [0.2, 0.25) is 0 Å². The van der Waals surface area contributed by atoms with Crippen LogP contribution in [0.2, 0.25) is 0 Å². The smallest absolute Gasteiger partial charge is 0.186 e. The van der Waals surface area contributed by atoms with Gasteiger partial charge in [0, 0.05) is 44.1 Å². The number of benzene rings is 1. The molecule has 244 valence electrons. The van der Waals surface area contributed by atoms with Crippen LogP contribution in [0.1, 0.15) is 120 Å². The van der Waals surface area contributed by atoms with E-state index >= 15 is 0 Å². The predicted molar refractivity (Wildman–Crippen MR) is 181 cm³/mol. The number of hydrogen-bond acceptors (Lipinski definition) is 5. The molecule has 0 heterocycles. The molecule has 4 aliphatic rings. The van der Waals surface area contributed by atoms with Crippen molar-refractivity contribution in [2.24, 2.45) is 34.2 Å². The van der Waals surface area contributed by atoms with E-state index in [9.17, 15) is 9.90 Å². The van der Waals surface area contributed by atoms with E-state index in [1.54, 1.807) is 13.2 Å². The van der Waals surface area contributed by atoms with Crippen LogP contribution in [0.3, 0.4) is 0 Å². The number of aliphatic imine (C=N–C) groups is 1. The first-order chi connectivity index (χ1) is 21.8. The highest BCUT2D eigenvalue weighted by molar-refractivity contribution is 5.89. The number of carbonyl (C=O) groups is 1. The maximum absolute atomic E-state index is 12.9. The van der Waals surface area contributed by atoms with Crippen molar-refractivity contribution in [3.8, 4) is 35.2 Å². The number of fused-ring (bicyclic) bond motifs is 8. The van der Waals surface area contributed by atoms with E-state index in [1.165, 1.54) is 0 Å². The first kappa shape index (κ1) is 34.5. The summed E-state index contributed by atoms with van der Waals surface area (Å²) >= 11 is 0. The Labute approximate surface area is 270 Å². The highest BCUT2D eigenvalue weighted by atomic mass is 16.5. The molecule has 0 radical (unpaired) electrons. The summed E-state index contributed by atoms with van der Waals surface area (Å²) < 4.78 is 12.4. The number of aryl methyl sites for hydroxylation is 1. The summed E-state index contributed by atoms with van der Waals surface area (Å²) in [5.74, 6) is 14.9. The molecule has 0 spiro atoms. The number of rotatable bonds is 11. The first-order valence-electron chi connectivity index (χ1n) is 17.1. The van der Waals surface area contributed by atoms with Crippen LogP contribution in [-0.2, 0) is 16.0 Å². The monoisotopic (exact) mass is 615 g/mol. The molecule has 0 aromatic heterocycles. The first-order valence-corrected chi connectivity index (χ1v) is 17.1. The zero-order chi connectivity index (χ0) is 32.2. The van der Waals surface area contributed by atoms with Gasteiger partial charge in [0.25, 0.3) is 0 Å². The average molecular weight is 616 g/mol. The zero-order valence-electron chi connectivity index (χ0n) is 27.6. The second-order valence-electron chi connectivity index (χ2n) is 13.2. The summed E-state index contributed by atoms with van der Waals surface area (Å²) in [4.78, 5) is 17.6. The number of allylic oxidation sites excluding steroid dienone is 2. The fourth-order valence-corrected chi connectivity index (χ4v) is 7.03. The highest BCUT2D eigenvalue weighted by Crippen LogP contribution is 2.47. The van der Waals surface area contributed by atoms with Gasteiger partial charge in [-0.15, -0.1) is 11.8 Å². The quantitative estimate of drug-likeness (QED) is 0.113. The molecule has 1 fully saturated rings. The number of ketones is 1. The topological polar surface area (TPSA) is 120 Å². The van der Waals surface area contributed by atoms with Crippen LogP contribution in [-0.4, -0.2) is 42.7 Å². The van der Waals surface area contributed by atoms with E-state index in [4.69, 9.17) is 20.9 Å². The molecular weight excluding hydrogens is 562 g/mol. The van der Waals surface area contributed by atoms with Gasteiger partial charge in [0.15, 0.2) is 23.2 Å². The summed E-state index contributed by atoms with van der Waals surface area (Å²) in [5, 5.41) is 12.1. The minimum Gasteiger partial charge on any atom is -0.504 e. The number of unbranched alkanes of at least 4 members (excludes halogenated alkanes) is 1. The van der Waals surface area contributed by atoms with E-state index in [0.29, 0.717) is 37.5 Å². The predicted octanol–water partition coefficient (Wildman–Crippen LogP) is 6.53. The number of hydrogen-bond donors (Lipinski definition) is 3. The van der Waals surface area contributed by atoms with Gasteiger partial charge >= 0.3 is 0 Å². The van der Waals surface area contributed by atoms with E-state index in [1.807, 2.05) is 12.1 Å². The van der Waals surface area contributed by atoms with Crippen LogP contribution < -0.4 is 16.2 Å². The third-order valence-electron chi connectivity index (χ3n) is 9.56. The van der Waals surface area contributed by atoms with Crippen molar-refractivity contribution in [3.63, 3.8) is 0 Å². The molecule has 7 nitrogen and oxygen atoms in total. The van der Waals surface area contributed by atoms with Crippen molar-refractivity contribution in [2.75, 3.05) is 13.7 Å². The number of nitrogens with zero attached hydrogens (tertiary/aromatic N) is 1. The molecular formula is C38H53N3O4. The molecule has 5 atom stereocenters. The lowest BCUT2D eigenvalue weighted by atomic mass is 9.74. The standard InChI is InChI=1S/C38H53N3O4/c1-4-5-6-13-30(42)20-17-28-24-35(45-31-14-9-10-15-31)37(43)36-32(28)22-18-27-12-8-7-11-26(2)16-21-33(36)29(25-44-3)19-23-34(27)41-38(39)40/h6,13,24,26-27,29,31,33-34,43H,4-5,9-12,14-17,19-21,23,25H2,1-3H3,(H4,39,40,41)/b13-6+/t26-,27-,29+,33+,34-/m0/s1. The molecule has 1 aromatic rings. The average Bonchev–Trinajstić information content (AvgIpc) is 3.53. The molecule has 45 heavy (non-hydrogen) atoms. The largest absolute Gasteiger partial charge is 0.504 e. The van der Waals surface area contributed by atoms with Gasteiger partial charge < -0.3 is 26.0 Å². The van der Waals surface area contributed by atoms with Crippen LogP contribution in [0.5, 0.6) is 11.5 Å². The van der Waals surface area contributed by atoms with Crippen LogP contribution in [0, 0.1) is 41.4 Å². The highest BCUT2D eigenvalue weighted by Gasteiger charge is 2.34. The molecule has 1 saturated carbocycles. The Morgan fingerprint density at radius 3 is 2.62 bits per heavy atom. The number of ether oxygens (including phenoxy) is 2. The number of methoxy groups -OCH3 is 1. The third-order valence-corrected chi connectivity index (χ3v) is 9.56. The fraction of sp³-hybridized carbons (Fsp3) is 0.632. The third kappa shape index (κ3) is 9.78. The van der Waals surface area contributed by atoms with Gasteiger partial charge in [-0.25, -0.2) is 4.99 Å². The molecule has 0 amide bonds. The van der Waals surface area contributed by atoms with Gasteiger partial charge in [-0.3, -0.25) is 4.79 Å². The lowest BCUT2D eigenvalue weighted by molar-refractivity contribution is -0.114. The Hall–Kier alpha value is -3.42. The number of guanidine groups is 1. The summed E-state index contributed by atoms with van der Waals surface area (Å²) in [7, 11) is 1.74. The van der Waals surface area contributed by atoms with Gasteiger partial charge in [-0.05, 0) is 99.7 Å². The summed E-state index contributed by atoms with van der Waals surface area (Å²) in [6.07, 6.45) is 15.4. The van der Waals surface area contributed by atoms with Gasteiger partial charge in [-0.2, -0.15) is 0 Å². The molecule has 4 aliphatic carbocycles. The second-order valence-corrected chi connectivity index (χ2v) is 13.2. The summed E-state index contributed by atoms with van der Waals surface area (Å²) in [6.45, 7) is 4.88. The van der Waals surface area contributed by atoms with Crippen molar-refractivity contribution >= 4 is 11.7 Å². The van der Waals surface area contributed by atoms with Crippen molar-refractivity contribution in [1.29, 1.82) is 0 Å². The maximum Gasteiger partial charge on any atom is 0.186 e. The van der Waals surface area contributed by atoms with Crippen molar-refractivity contribution in [1.82, 2.24) is 0 Å². The molecule has 0 aliphatic heterocycles. The molecule has 2 bridgehead atoms. The number of carbonyl (C=O) groups excluding carboxylic acids is 1. The van der Waals surface area contributed by atoms with Crippen molar-refractivity contribution < 1.29 is 19.4 Å². The summed E-state index contributed by atoms with van der Waals surface area (Å²) in [5.41, 5.74) is 14.4. The number of nitrogens with two attached hydrogens (primary N) is 2. The second kappa shape index (κ2) is 17.3. The Bertz CT molecular complexity index is 1330. The Balaban J connectivity index is 1.93. The molecule has 5 rings (SSSR count). The Kier molecular flexibility index (Phi) is 13.3. The summed E-state index contributed by atoms with van der Waals surface area (Å²) in [6, 6.07) is 1.74. The minimum atomic E-state index is -0.205. The van der Waals surface area contributed by atoms with E-state index in [2.05, 4.69) is 42.5 Å². The van der Waals surface area contributed by atoms with E-state index in [-0.39, 0.29) is 47.4 Å². The Morgan fingerprint density at radius 2 is 1.89 bits per heavy atom. The number of phenols is 1. The van der Waals surface area contributed by atoms with Gasteiger partial charge in [0.05, 0.1) is 18.1 Å². The normalized spacial score (nSPS) is 25.3. The van der Waals surface area contributed by atoms with Gasteiger partial charge in [0.1, 0.15) is 0 Å². The van der Waals surface area contributed by atoms with Gasteiger partial charge in [-0.1, -0.05) is 38.2 Å². The SMILES string of the molecule is CCC/C=C/C(=O)CCc1cc(OC2CCCC2)c(O)c2c1C#C[C@@H]1CC#CC[C@H](C)CC[C@@H]2[C@@H](COC)CC[C@@H]1N=C(N)N. The lowest BCUT2D eigenvalue weighted by Gasteiger charge is -2.33. The van der Waals surface area contributed by atoms with E-state index in [0.717, 1.165) is 87.3 Å². The van der Waals surface area contributed by atoms with Crippen LogP contribution >= 0.6 is 0 Å². The Morgan fingerprint density at radius 1 is 1.11 bits per heavy atom. The lowest BCUT2D eigenvalue weighted by Crippen LogP contribution is -2.30. The maximum atomic E-state index is 12.9. The van der Waals surface area contributed by atoms with Crippen LogP contribution in [0.25, 0.3) is 0 Å². The van der Waals surface area contributed by atoms with Crippen molar-refractivity contribution in [3.05, 3.63) is 34.9 Å². The van der Waals surface area contributed by atoms with E-state index < -0.39 is 0 Å². The van der Waals surface area contributed by atoms with Crippen molar-refractivity contribution in [2.45, 2.75) is 122 Å². The van der Waals surface area contributed by atoms with Crippen LogP contribution in [0.15, 0.2) is 23.2 Å². The molecule has 0 unspecified atom stereocenters. The molecule has 7 heteroatoms. The van der Waals surface area contributed by atoms with Crippen LogP contribution in [0.4, 0.5) is 0 Å². The number of phenolic OH excluding ortho intramolecular Hbond substituents is 1.